The summed E-state index contributed by atoms with van der Waals surface area (Å²) < 4.78 is 18.9. The molecule has 5 rings (SSSR count). The predicted octanol–water partition coefficient (Wildman–Crippen LogP) is 6.10. The largest absolute Gasteiger partial charge is 0.416 e. The van der Waals surface area contributed by atoms with E-state index < -0.39 is 0 Å². The molecule has 0 radical (unpaired) electrons. The Balaban J connectivity index is 1.37. The second kappa shape index (κ2) is 7.65. The van der Waals surface area contributed by atoms with Gasteiger partial charge in [-0.2, -0.15) is 0 Å². The van der Waals surface area contributed by atoms with Crippen LogP contribution in [0, 0.1) is 17.7 Å². The van der Waals surface area contributed by atoms with Crippen LogP contribution >= 0.6 is 0 Å². The quantitative estimate of drug-likeness (QED) is 0.342. The summed E-state index contributed by atoms with van der Waals surface area (Å²) in [7, 11) is 0. The van der Waals surface area contributed by atoms with Crippen molar-refractivity contribution < 1.29 is 8.81 Å². The second-order valence-corrected chi connectivity index (χ2v) is 6.81. The number of benzene rings is 4. The van der Waals surface area contributed by atoms with Crippen molar-refractivity contribution in [3.63, 3.8) is 0 Å². The smallest absolute Gasteiger partial charge is 0.248 e. The van der Waals surface area contributed by atoms with Gasteiger partial charge in [0.25, 0.3) is 0 Å². The van der Waals surface area contributed by atoms with Gasteiger partial charge in [0.15, 0.2) is 0 Å². The van der Waals surface area contributed by atoms with E-state index in [4.69, 9.17) is 4.42 Å². The predicted molar refractivity (Wildman–Crippen MR) is 115 cm³/mol. The maximum atomic E-state index is 13.0. The van der Waals surface area contributed by atoms with Crippen molar-refractivity contribution in [3.05, 3.63) is 108 Å². The van der Waals surface area contributed by atoms with Crippen LogP contribution in [0.2, 0.25) is 0 Å². The van der Waals surface area contributed by atoms with Crippen LogP contribution in [-0.4, -0.2) is 10.2 Å². The Kier molecular flexibility index (Phi) is 4.55. The minimum Gasteiger partial charge on any atom is -0.416 e. The Morgan fingerprint density at radius 1 is 0.600 bits per heavy atom. The van der Waals surface area contributed by atoms with E-state index in [1.165, 1.54) is 17.5 Å². The van der Waals surface area contributed by atoms with Gasteiger partial charge in [0, 0.05) is 22.3 Å². The number of rotatable bonds is 2. The van der Waals surface area contributed by atoms with Crippen LogP contribution in [0.4, 0.5) is 4.39 Å². The van der Waals surface area contributed by atoms with Crippen molar-refractivity contribution in [3.8, 4) is 34.7 Å². The van der Waals surface area contributed by atoms with Crippen LogP contribution in [0.1, 0.15) is 11.1 Å². The summed E-state index contributed by atoms with van der Waals surface area (Å²) in [5, 5.41) is 10.7. The fourth-order valence-corrected chi connectivity index (χ4v) is 3.15. The SMILES string of the molecule is Fc1ccc(C#Cc2ccc(-c3nnc(-c4ccc5ccccc5c4)o3)cc2)cc1. The fourth-order valence-electron chi connectivity index (χ4n) is 3.15. The first-order valence-corrected chi connectivity index (χ1v) is 9.45. The monoisotopic (exact) mass is 390 g/mol. The Bertz CT molecular complexity index is 1390. The molecule has 0 aliphatic carbocycles. The zero-order valence-electron chi connectivity index (χ0n) is 15.8. The highest BCUT2D eigenvalue weighted by Gasteiger charge is 2.11. The molecule has 0 aliphatic heterocycles. The van der Waals surface area contributed by atoms with E-state index in [0.717, 1.165) is 27.6 Å². The molecule has 0 spiro atoms. The Morgan fingerprint density at radius 2 is 1.17 bits per heavy atom. The van der Waals surface area contributed by atoms with E-state index in [9.17, 15) is 4.39 Å². The van der Waals surface area contributed by atoms with Crippen LogP contribution < -0.4 is 0 Å². The average molecular weight is 390 g/mol. The van der Waals surface area contributed by atoms with E-state index in [2.05, 4.69) is 34.2 Å². The molecule has 0 aliphatic rings. The number of nitrogens with zero attached hydrogens (tertiary/aromatic N) is 2. The van der Waals surface area contributed by atoms with Crippen LogP contribution in [0.5, 0.6) is 0 Å². The van der Waals surface area contributed by atoms with Crippen molar-refractivity contribution in [1.29, 1.82) is 0 Å². The summed E-state index contributed by atoms with van der Waals surface area (Å²) in [6, 6.07) is 27.9. The van der Waals surface area contributed by atoms with E-state index in [1.54, 1.807) is 12.1 Å². The lowest BCUT2D eigenvalue weighted by molar-refractivity contribution is 0.584. The highest BCUT2D eigenvalue weighted by atomic mass is 19.1. The number of fused-ring (bicyclic) bond motifs is 1. The van der Waals surface area contributed by atoms with Crippen LogP contribution in [0.15, 0.2) is 95.4 Å². The van der Waals surface area contributed by atoms with Crippen molar-refractivity contribution in [1.82, 2.24) is 10.2 Å². The minimum absolute atomic E-state index is 0.271. The van der Waals surface area contributed by atoms with E-state index in [0.29, 0.717) is 11.8 Å². The highest BCUT2D eigenvalue weighted by Crippen LogP contribution is 2.26. The maximum Gasteiger partial charge on any atom is 0.248 e. The average Bonchev–Trinajstić information content (AvgIpc) is 3.29. The molecule has 0 fully saturated rings. The molecular formula is C26H15FN2O. The molecule has 0 unspecified atom stereocenters. The second-order valence-electron chi connectivity index (χ2n) is 6.81. The fraction of sp³-hybridized carbons (Fsp3) is 0. The van der Waals surface area contributed by atoms with Crippen molar-refractivity contribution >= 4 is 10.8 Å². The molecule has 0 bridgehead atoms. The van der Waals surface area contributed by atoms with Gasteiger partial charge in [-0.1, -0.05) is 42.2 Å². The van der Waals surface area contributed by atoms with Gasteiger partial charge in [-0.15, -0.1) is 10.2 Å². The molecule has 5 aromatic rings. The normalized spacial score (nSPS) is 10.6. The van der Waals surface area contributed by atoms with Crippen LogP contribution in [-0.2, 0) is 0 Å². The summed E-state index contributed by atoms with van der Waals surface area (Å²) in [5.41, 5.74) is 3.31. The summed E-state index contributed by atoms with van der Waals surface area (Å²) in [5.74, 6) is 6.75. The molecule has 0 saturated carbocycles. The molecule has 0 N–H and O–H groups in total. The lowest BCUT2D eigenvalue weighted by atomic mass is 10.1. The van der Waals surface area contributed by atoms with E-state index in [-0.39, 0.29) is 5.82 Å². The molecule has 4 heteroatoms. The van der Waals surface area contributed by atoms with Crippen molar-refractivity contribution in [2.45, 2.75) is 0 Å². The van der Waals surface area contributed by atoms with Gasteiger partial charge in [0.05, 0.1) is 0 Å². The maximum absolute atomic E-state index is 13.0. The van der Waals surface area contributed by atoms with E-state index in [1.807, 2.05) is 54.6 Å². The third-order valence-electron chi connectivity index (χ3n) is 4.75. The highest BCUT2D eigenvalue weighted by molar-refractivity contribution is 5.86. The molecule has 0 atom stereocenters. The topological polar surface area (TPSA) is 38.9 Å². The molecule has 142 valence electrons. The molecule has 30 heavy (non-hydrogen) atoms. The van der Waals surface area contributed by atoms with Gasteiger partial charge in [-0.3, -0.25) is 0 Å². The first kappa shape index (κ1) is 17.8. The Morgan fingerprint density at radius 3 is 1.87 bits per heavy atom. The first-order chi connectivity index (χ1) is 14.7. The van der Waals surface area contributed by atoms with Crippen LogP contribution in [0.25, 0.3) is 33.7 Å². The number of hydrogen-bond acceptors (Lipinski definition) is 3. The van der Waals surface area contributed by atoms with Gasteiger partial charge in [-0.05, 0) is 71.4 Å². The molecule has 1 aromatic heterocycles. The van der Waals surface area contributed by atoms with Crippen LogP contribution in [0.3, 0.4) is 0 Å². The molecule has 1 heterocycles. The summed E-state index contributed by atoms with van der Waals surface area (Å²) >= 11 is 0. The van der Waals surface area contributed by atoms with Gasteiger partial charge < -0.3 is 4.42 Å². The zero-order chi connectivity index (χ0) is 20.3. The van der Waals surface area contributed by atoms with Gasteiger partial charge in [0.1, 0.15) is 5.82 Å². The number of aromatic nitrogens is 2. The van der Waals surface area contributed by atoms with Gasteiger partial charge >= 0.3 is 0 Å². The van der Waals surface area contributed by atoms with Crippen molar-refractivity contribution in [2.24, 2.45) is 0 Å². The van der Waals surface area contributed by atoms with E-state index >= 15 is 0 Å². The first-order valence-electron chi connectivity index (χ1n) is 9.45. The summed E-state index contributed by atoms with van der Waals surface area (Å²) in [6.07, 6.45) is 0. The van der Waals surface area contributed by atoms with Crippen molar-refractivity contribution in [2.75, 3.05) is 0 Å². The molecule has 0 amide bonds. The van der Waals surface area contributed by atoms with Gasteiger partial charge in [-0.25, -0.2) is 4.39 Å². The molecule has 3 nitrogen and oxygen atoms in total. The lowest BCUT2D eigenvalue weighted by Crippen LogP contribution is -1.80. The molecule has 4 aromatic carbocycles. The third kappa shape index (κ3) is 3.69. The standard InChI is InChI=1S/C26H15FN2O/c27-24-15-9-19(10-16-24)6-5-18-7-11-21(12-8-18)25-28-29-26(30-25)23-14-13-20-3-1-2-4-22(20)17-23/h1-4,7-17H. The molecular weight excluding hydrogens is 375 g/mol. The summed E-state index contributed by atoms with van der Waals surface area (Å²) in [4.78, 5) is 0. The molecule has 0 saturated heterocycles. The zero-order valence-corrected chi connectivity index (χ0v) is 15.8. The minimum atomic E-state index is -0.271. The summed E-state index contributed by atoms with van der Waals surface area (Å²) in [6.45, 7) is 0. The van der Waals surface area contributed by atoms with Gasteiger partial charge in [0.2, 0.25) is 11.8 Å². The third-order valence-corrected chi connectivity index (χ3v) is 4.75. The number of halogens is 1. The lowest BCUT2D eigenvalue weighted by Gasteiger charge is -1.99. The Labute approximate surface area is 172 Å². The number of hydrogen-bond donors (Lipinski definition) is 0. The Hall–Kier alpha value is -4.23.